The van der Waals surface area contributed by atoms with Crippen molar-refractivity contribution in [3.8, 4) is 0 Å². The summed E-state index contributed by atoms with van der Waals surface area (Å²) in [7, 11) is 1.85. The van der Waals surface area contributed by atoms with Gasteiger partial charge in [0.1, 0.15) is 0 Å². The second-order valence-corrected chi connectivity index (χ2v) is 6.33. The van der Waals surface area contributed by atoms with Gasteiger partial charge in [0.05, 0.1) is 5.54 Å². The summed E-state index contributed by atoms with van der Waals surface area (Å²) in [6, 6.07) is 1.06. The van der Waals surface area contributed by atoms with Gasteiger partial charge in [0.2, 0.25) is 5.91 Å². The van der Waals surface area contributed by atoms with Crippen LogP contribution in [0.4, 0.5) is 0 Å². The number of hydrogen-bond donors (Lipinski definition) is 2. The Hall–Kier alpha value is -0.610. The number of nitrogens with one attached hydrogen (secondary N) is 1. The van der Waals surface area contributed by atoms with Gasteiger partial charge >= 0.3 is 0 Å². The molecule has 4 nitrogen and oxygen atoms in total. The first kappa shape index (κ1) is 13.8. The Bertz CT molecular complexity index is 314. The molecule has 0 bridgehead atoms. The third-order valence-corrected chi connectivity index (χ3v) is 4.74. The van der Waals surface area contributed by atoms with Crippen LogP contribution in [-0.2, 0) is 4.79 Å². The van der Waals surface area contributed by atoms with Gasteiger partial charge in [-0.05, 0) is 58.9 Å². The molecule has 0 heterocycles. The van der Waals surface area contributed by atoms with Crippen LogP contribution in [0, 0.1) is 5.92 Å². The number of likely N-dealkylation sites (N-methyl/N-ethyl adjacent to an activating group) is 1. The molecule has 18 heavy (non-hydrogen) atoms. The number of nitrogens with two attached hydrogens (primary N) is 1. The van der Waals surface area contributed by atoms with E-state index in [1.54, 1.807) is 0 Å². The zero-order chi connectivity index (χ0) is 13.3. The first-order valence-corrected chi connectivity index (χ1v) is 7.23. The van der Waals surface area contributed by atoms with Crippen LogP contribution in [0.25, 0.3) is 0 Å². The molecule has 2 fully saturated rings. The van der Waals surface area contributed by atoms with Crippen molar-refractivity contribution in [3.05, 3.63) is 0 Å². The maximum Gasteiger partial charge on any atom is 0.237 e. The van der Waals surface area contributed by atoms with E-state index in [9.17, 15) is 4.79 Å². The molecule has 0 aromatic heterocycles. The molecule has 2 rings (SSSR count). The van der Waals surface area contributed by atoms with E-state index in [1.165, 1.54) is 19.4 Å². The zero-order valence-corrected chi connectivity index (χ0v) is 11.9. The summed E-state index contributed by atoms with van der Waals surface area (Å²) < 4.78 is 0. The molecule has 2 saturated carbocycles. The van der Waals surface area contributed by atoms with E-state index >= 15 is 0 Å². The zero-order valence-electron chi connectivity index (χ0n) is 11.9. The third-order valence-electron chi connectivity index (χ3n) is 4.74. The highest BCUT2D eigenvalue weighted by molar-refractivity contribution is 5.85. The number of carbonyl (C=O) groups excluding carboxylic acids is 1. The summed E-state index contributed by atoms with van der Waals surface area (Å²) in [5.41, 5.74) is 5.10. The normalized spacial score (nSPS) is 32.4. The van der Waals surface area contributed by atoms with Crippen LogP contribution in [0.5, 0.6) is 0 Å². The van der Waals surface area contributed by atoms with E-state index < -0.39 is 5.54 Å². The molecular weight excluding hydrogens is 226 g/mol. The molecule has 0 radical (unpaired) electrons. The van der Waals surface area contributed by atoms with Crippen molar-refractivity contribution in [2.45, 2.75) is 63.6 Å². The van der Waals surface area contributed by atoms with Gasteiger partial charge in [-0.2, -0.15) is 0 Å². The number of amides is 1. The van der Waals surface area contributed by atoms with Crippen molar-refractivity contribution in [2.24, 2.45) is 11.7 Å². The fourth-order valence-electron chi connectivity index (χ4n) is 3.26. The molecule has 0 aliphatic heterocycles. The molecule has 0 saturated heterocycles. The summed E-state index contributed by atoms with van der Waals surface area (Å²) in [6.07, 6.45) is 5.57. The van der Waals surface area contributed by atoms with Crippen LogP contribution < -0.4 is 11.1 Å². The summed E-state index contributed by atoms with van der Waals surface area (Å²) in [5.74, 6) is 0.702. The van der Waals surface area contributed by atoms with Gasteiger partial charge in [-0.25, -0.2) is 0 Å². The standard InChI is InChI=1S/C14H27N3O/c1-10(2)17(9-11-4-5-11)12-6-7-14(8-12,16-3)13(15)18/h10-12,16H,4-9H2,1-3H3,(H2,15,18). The van der Waals surface area contributed by atoms with Gasteiger partial charge in [-0.15, -0.1) is 0 Å². The highest BCUT2D eigenvalue weighted by atomic mass is 16.1. The van der Waals surface area contributed by atoms with Crippen molar-refractivity contribution < 1.29 is 4.79 Å². The molecule has 0 aromatic carbocycles. The fraction of sp³-hybridized carbons (Fsp3) is 0.929. The van der Waals surface area contributed by atoms with E-state index in [-0.39, 0.29) is 5.91 Å². The highest BCUT2D eigenvalue weighted by Crippen LogP contribution is 2.37. The van der Waals surface area contributed by atoms with Crippen LogP contribution >= 0.6 is 0 Å². The topological polar surface area (TPSA) is 58.4 Å². The average molecular weight is 253 g/mol. The quantitative estimate of drug-likeness (QED) is 0.745. The molecule has 3 N–H and O–H groups in total. The lowest BCUT2D eigenvalue weighted by Gasteiger charge is -2.34. The Morgan fingerprint density at radius 3 is 2.50 bits per heavy atom. The summed E-state index contributed by atoms with van der Waals surface area (Å²) >= 11 is 0. The maximum absolute atomic E-state index is 11.7. The Kier molecular flexibility index (Phi) is 3.97. The van der Waals surface area contributed by atoms with Crippen molar-refractivity contribution in [3.63, 3.8) is 0 Å². The molecule has 2 unspecified atom stereocenters. The molecule has 2 atom stereocenters. The smallest absolute Gasteiger partial charge is 0.237 e. The predicted octanol–water partition coefficient (Wildman–Crippen LogP) is 1.10. The van der Waals surface area contributed by atoms with Crippen molar-refractivity contribution >= 4 is 5.91 Å². The number of hydrogen-bond acceptors (Lipinski definition) is 3. The Balaban J connectivity index is 2.02. The Morgan fingerprint density at radius 1 is 1.44 bits per heavy atom. The fourth-order valence-corrected chi connectivity index (χ4v) is 3.26. The van der Waals surface area contributed by atoms with Gasteiger partial charge in [0, 0.05) is 18.6 Å². The Labute approximate surface area is 110 Å². The SMILES string of the molecule is CNC1(C(N)=O)CCC(N(CC2CC2)C(C)C)C1. The number of primary amides is 1. The predicted molar refractivity (Wildman–Crippen MR) is 73.2 cm³/mol. The van der Waals surface area contributed by atoms with Crippen LogP contribution in [0.15, 0.2) is 0 Å². The van der Waals surface area contributed by atoms with Crippen LogP contribution in [0.2, 0.25) is 0 Å². The van der Waals surface area contributed by atoms with Crippen molar-refractivity contribution in [2.75, 3.05) is 13.6 Å². The molecule has 2 aliphatic carbocycles. The lowest BCUT2D eigenvalue weighted by atomic mass is 9.96. The number of carbonyl (C=O) groups is 1. The van der Waals surface area contributed by atoms with E-state index in [1.807, 2.05) is 7.05 Å². The van der Waals surface area contributed by atoms with E-state index in [4.69, 9.17) is 5.73 Å². The first-order chi connectivity index (χ1) is 8.48. The van der Waals surface area contributed by atoms with Gasteiger partial charge in [0.15, 0.2) is 0 Å². The van der Waals surface area contributed by atoms with Crippen molar-refractivity contribution in [1.29, 1.82) is 0 Å². The molecule has 104 valence electrons. The minimum Gasteiger partial charge on any atom is -0.368 e. The molecule has 2 aliphatic rings. The minimum absolute atomic E-state index is 0.192. The van der Waals surface area contributed by atoms with Gasteiger partial charge in [0.25, 0.3) is 0 Å². The van der Waals surface area contributed by atoms with Gasteiger partial charge < -0.3 is 11.1 Å². The lowest BCUT2D eigenvalue weighted by molar-refractivity contribution is -0.124. The molecule has 0 spiro atoms. The van der Waals surface area contributed by atoms with E-state index in [2.05, 4.69) is 24.1 Å². The monoisotopic (exact) mass is 253 g/mol. The average Bonchev–Trinajstić information content (AvgIpc) is 3.03. The second kappa shape index (κ2) is 5.17. The van der Waals surface area contributed by atoms with Gasteiger partial charge in [-0.3, -0.25) is 9.69 Å². The van der Waals surface area contributed by atoms with E-state index in [0.29, 0.717) is 12.1 Å². The van der Waals surface area contributed by atoms with Gasteiger partial charge in [-0.1, -0.05) is 0 Å². The third kappa shape index (κ3) is 2.69. The largest absolute Gasteiger partial charge is 0.368 e. The number of rotatable bonds is 6. The first-order valence-electron chi connectivity index (χ1n) is 7.23. The summed E-state index contributed by atoms with van der Waals surface area (Å²) in [6.45, 7) is 5.71. The maximum atomic E-state index is 11.7. The van der Waals surface area contributed by atoms with Crippen LogP contribution in [0.3, 0.4) is 0 Å². The summed E-state index contributed by atoms with van der Waals surface area (Å²) in [4.78, 5) is 14.3. The number of nitrogens with zero attached hydrogens (tertiary/aromatic N) is 1. The molecule has 1 amide bonds. The molecular formula is C14H27N3O. The minimum atomic E-state index is -0.471. The second-order valence-electron chi connectivity index (χ2n) is 6.33. The Morgan fingerprint density at radius 2 is 2.11 bits per heavy atom. The van der Waals surface area contributed by atoms with E-state index in [0.717, 1.165) is 25.2 Å². The van der Waals surface area contributed by atoms with Crippen molar-refractivity contribution in [1.82, 2.24) is 10.2 Å². The summed E-state index contributed by atoms with van der Waals surface area (Å²) in [5, 5.41) is 3.17. The molecule has 0 aromatic rings. The lowest BCUT2D eigenvalue weighted by Crippen LogP contribution is -2.53. The van der Waals surface area contributed by atoms with Crippen LogP contribution in [0.1, 0.15) is 46.0 Å². The molecule has 4 heteroatoms. The highest BCUT2D eigenvalue weighted by Gasteiger charge is 2.45. The van der Waals surface area contributed by atoms with Crippen LogP contribution in [-0.4, -0.2) is 42.0 Å².